The largest absolute Gasteiger partial charge is 0.565 e. The van der Waals surface area contributed by atoms with E-state index in [1.807, 2.05) is 0 Å². The van der Waals surface area contributed by atoms with Gasteiger partial charge in [-0.15, -0.1) is 0 Å². The molecule has 39 heteroatoms. The Kier molecular flexibility index (Phi) is 23.7. The van der Waals surface area contributed by atoms with E-state index in [1.54, 1.807) is 0 Å². The summed E-state index contributed by atoms with van der Waals surface area (Å²) in [6, 6.07) is 0. The van der Waals surface area contributed by atoms with Gasteiger partial charge in [-0.1, -0.05) is 0 Å². The highest BCUT2D eigenvalue weighted by Gasteiger charge is 2.59. The van der Waals surface area contributed by atoms with E-state index in [-0.39, 0.29) is 0 Å². The standard InChI is InChI=1S/C43H73N3O33.CH2O3/c1-8-29-15(52)22(59)36(66-8)75-31-10(3-47)70-40(26(63)18(31)55)79-35-14(7-51)72-42(28(65)21(35)58)78-34-13(6-50)69-39(25(62)19(34)56)74-30-9(2-46-43(44)45)67-37(23(60)16(30)53)76-32-12(5-49)71-41(27(64)20(32)57)77-33-11(4-48)68-38(73-29)24(61)17(33)54;2-1(3)4/h8-42,47-65H,2-7H2,1H3,(H4,44,45,46);(H2,2,3,4)/t8-,9-,10-,11-,12-,13-,14-,15-,16-,17-,18-,19-,20-,21-,22-,23-,24-,25-,26-,27-,28-,29-,30-,31-,32-,33-,34-,35-,36-,37-,38-,39-,40-,41-,42-;/m1./s1. The molecule has 482 valence electrons. The van der Waals surface area contributed by atoms with Crippen LogP contribution in [0.4, 0.5) is 4.79 Å². The highest BCUT2D eigenvalue weighted by Crippen LogP contribution is 2.39. The minimum atomic E-state index is -2.20. The summed E-state index contributed by atoms with van der Waals surface area (Å²) in [4.78, 5) is 11.0. The van der Waals surface area contributed by atoms with Crippen LogP contribution >= 0.6 is 0 Å². The minimum absolute atomic E-state index is 0.408. The molecule has 0 aromatic rings. The predicted octanol–water partition coefficient (Wildman–Crippen LogP) is -18.0. The van der Waals surface area contributed by atoms with Gasteiger partial charge in [-0.25, -0.2) is 0 Å². The van der Waals surface area contributed by atoms with Crippen molar-refractivity contribution in [3.8, 4) is 0 Å². The van der Waals surface area contributed by atoms with Crippen molar-refractivity contribution < 1.29 is 183 Å². The van der Waals surface area contributed by atoms with Crippen LogP contribution in [0.25, 0.3) is 0 Å². The maximum absolute atomic E-state index is 11.6. The normalized spacial score (nSPS) is 51.8. The summed E-state index contributed by atoms with van der Waals surface area (Å²) in [6.45, 7) is -4.29. The topological polar surface area (TPSA) is 640 Å². The van der Waals surface area contributed by atoms with Gasteiger partial charge in [0.05, 0.1) is 45.7 Å². The van der Waals surface area contributed by atoms with Crippen LogP contribution in [0, 0.1) is 0 Å². The van der Waals surface area contributed by atoms with Crippen LogP contribution in [0.3, 0.4) is 0 Å². The second-order valence-corrected chi connectivity index (χ2v) is 20.6. The van der Waals surface area contributed by atoms with Gasteiger partial charge in [-0.2, -0.15) is 0 Å². The number of ether oxygens (including phenoxy) is 14. The highest BCUT2D eigenvalue weighted by atomic mass is 16.8. The Morgan fingerprint density at radius 2 is 0.518 bits per heavy atom. The van der Waals surface area contributed by atoms with Crippen molar-refractivity contribution in [1.82, 2.24) is 0 Å². The Hall–Kier alpha value is -2.78. The van der Waals surface area contributed by atoms with E-state index in [4.69, 9.17) is 92.8 Å². The first kappa shape index (κ1) is 67.7. The fourth-order valence-corrected chi connectivity index (χ4v) is 10.6. The molecule has 21 fully saturated rings. The Labute approximate surface area is 467 Å². The lowest BCUT2D eigenvalue weighted by molar-refractivity contribution is -0.490. The molecule has 0 aromatic heterocycles. The van der Waals surface area contributed by atoms with Crippen LogP contribution in [0.15, 0.2) is 0 Å². The number of aliphatic hydroxyl groups excluding tert-OH is 19. The summed E-state index contributed by atoms with van der Waals surface area (Å²) in [5.74, 6) is -0.408. The third kappa shape index (κ3) is 14.5. The van der Waals surface area contributed by atoms with Gasteiger partial charge in [0.25, 0.3) is 0 Å². The van der Waals surface area contributed by atoms with E-state index in [2.05, 4.69) is 4.99 Å². The van der Waals surface area contributed by atoms with Gasteiger partial charge in [0.15, 0.2) is 44.0 Å². The molecule has 83 heavy (non-hydrogen) atoms. The van der Waals surface area contributed by atoms with Crippen LogP contribution in [0.2, 0.25) is 0 Å². The van der Waals surface area contributed by atoms with Gasteiger partial charge in [0.1, 0.15) is 165 Å². The maximum Gasteiger partial charge on any atom is 0.338 e. The van der Waals surface area contributed by atoms with Crippen LogP contribution in [-0.2, 0) is 66.3 Å². The van der Waals surface area contributed by atoms with Crippen LogP contribution in [0.5, 0.6) is 0 Å². The van der Waals surface area contributed by atoms with Crippen LogP contribution < -0.4 is 21.6 Å². The smallest absolute Gasteiger partial charge is 0.338 e. The number of hydrogen-bond donors (Lipinski definition) is 23. The van der Waals surface area contributed by atoms with Crippen molar-refractivity contribution >= 4 is 12.1 Å². The molecular weight excluding hydrogens is 1150 g/mol. The molecule has 0 aromatic carbocycles. The summed E-state index contributed by atoms with van der Waals surface area (Å²) in [6.07, 6.45) is -70.1. The molecule has 21 heterocycles. The zero-order valence-electron chi connectivity index (χ0n) is 43.6. The molecule has 0 aliphatic carbocycles. The molecule has 21 rings (SSSR count). The molecule has 21 saturated heterocycles. The van der Waals surface area contributed by atoms with E-state index in [0.717, 1.165) is 0 Å². The summed E-state index contributed by atoms with van der Waals surface area (Å²) < 4.78 is 80.7. The number of nitrogens with one attached hydrogen (secondary N) is 1. The highest BCUT2D eigenvalue weighted by molar-refractivity contribution is 5.69. The molecule has 21 aliphatic heterocycles. The number of nitrogens with two attached hydrogens (primary N) is 2. The van der Waals surface area contributed by atoms with E-state index in [0.29, 0.717) is 0 Å². The second-order valence-electron chi connectivity index (χ2n) is 20.6. The zero-order valence-corrected chi connectivity index (χ0v) is 43.6. The summed E-state index contributed by atoms with van der Waals surface area (Å²) >= 11 is 0. The average molecular weight is 1220 g/mol. The van der Waals surface area contributed by atoms with Gasteiger partial charge >= 0.3 is 5.96 Å². The monoisotopic (exact) mass is 1220 g/mol. The van der Waals surface area contributed by atoms with Gasteiger partial charge in [0, 0.05) is 0 Å². The van der Waals surface area contributed by atoms with Crippen molar-refractivity contribution in [3.05, 3.63) is 0 Å². The average Bonchev–Trinajstić information content (AvgIpc) is 3.65. The first-order chi connectivity index (χ1) is 39.2. The van der Waals surface area contributed by atoms with Crippen molar-refractivity contribution in [2.75, 3.05) is 39.6 Å². The molecule has 35 atom stereocenters. The quantitative estimate of drug-likeness (QED) is 0.0831. The predicted molar refractivity (Wildman–Crippen MR) is 247 cm³/mol. The Balaban J connectivity index is 0.00000240. The van der Waals surface area contributed by atoms with E-state index in [9.17, 15) is 97.0 Å². The lowest BCUT2D eigenvalue weighted by Crippen LogP contribution is -2.82. The molecule has 25 N–H and O–H groups in total. The Morgan fingerprint density at radius 3 is 0.735 bits per heavy atom. The summed E-state index contributed by atoms with van der Waals surface area (Å²) in [5, 5.41) is 226. The van der Waals surface area contributed by atoms with Crippen LogP contribution in [0.1, 0.15) is 6.92 Å². The third-order valence-electron chi connectivity index (χ3n) is 15.1. The molecule has 14 bridgehead atoms. The van der Waals surface area contributed by atoms with Gasteiger partial charge < -0.3 is 178 Å². The van der Waals surface area contributed by atoms with E-state index in [1.165, 1.54) is 6.92 Å². The van der Waals surface area contributed by atoms with Crippen molar-refractivity contribution in [3.63, 3.8) is 0 Å². The number of carboxylic acid groups (broad SMARTS) is 2. The van der Waals surface area contributed by atoms with Crippen molar-refractivity contribution in [2.45, 2.75) is 222 Å². The lowest BCUT2D eigenvalue weighted by Gasteiger charge is -2.50. The molecule has 0 saturated carbocycles. The van der Waals surface area contributed by atoms with E-state index >= 15 is 0 Å². The molecule has 0 unspecified atom stereocenters. The Bertz CT molecular complexity index is 2050. The molecule has 0 radical (unpaired) electrons. The first-order valence-electron chi connectivity index (χ1n) is 26.0. The SMILES string of the molecule is C[C@H]1O[C@@H]2O[C@H]3[C@H](O)[C@@H](O)[C@@H](O[C@H]4[C@H](O)[C@@H](O)[C@@H](O[C@H]5[C@H](O)[C@@H](O)[C@@H](O[C@H]6[C@H](O)[C@@H](O)[C@@H](O[C@H]7[C@H](O)[C@@H](O)[C@@H](O[C@H]8[C@H](O)[C@@H](O)[C@@H](O[C@H]1[C@H](O)[C@H]2O)O[C@@H]8CO)O[C@@H]7CO)O[C@@H]6C[NH+]=C(N)N)O[C@@H]5CO)O[C@@H]4CO)O[C@@H]3CO.O=C([O-])O. The number of aliphatic hydroxyl groups is 19. The van der Waals surface area contributed by atoms with Crippen LogP contribution in [-0.4, -0.2) is 369 Å². The van der Waals surface area contributed by atoms with Gasteiger partial charge in [-0.3, -0.25) is 16.5 Å². The molecule has 0 amide bonds. The number of guanidine groups is 1. The Morgan fingerprint density at radius 1 is 0.337 bits per heavy atom. The minimum Gasteiger partial charge on any atom is -0.565 e. The first-order valence-corrected chi connectivity index (χ1v) is 26.0. The molecular formula is C44H75N3O36. The van der Waals surface area contributed by atoms with Crippen molar-refractivity contribution in [2.24, 2.45) is 11.5 Å². The maximum atomic E-state index is 11.6. The summed E-state index contributed by atoms with van der Waals surface area (Å²) in [7, 11) is 0. The number of hydrogen-bond acceptors (Lipinski definition) is 35. The third-order valence-corrected chi connectivity index (χ3v) is 15.1. The fourth-order valence-electron chi connectivity index (χ4n) is 10.6. The number of rotatable bonds is 7. The van der Waals surface area contributed by atoms with Crippen molar-refractivity contribution in [1.29, 1.82) is 0 Å². The number of carbonyl (C=O) groups is 1. The fraction of sp³-hybridized carbons (Fsp3) is 0.955. The second kappa shape index (κ2) is 29.0. The van der Waals surface area contributed by atoms with E-state index < -0.39 is 267 Å². The zero-order chi connectivity index (χ0) is 61.2. The lowest BCUT2D eigenvalue weighted by atomic mass is 9.95. The molecule has 21 aliphatic rings. The molecule has 39 nitrogen and oxygen atoms in total. The van der Waals surface area contributed by atoms with Gasteiger partial charge in [0.2, 0.25) is 6.16 Å². The van der Waals surface area contributed by atoms with Gasteiger partial charge in [-0.05, 0) is 6.92 Å². The molecule has 0 spiro atoms. The summed E-state index contributed by atoms with van der Waals surface area (Å²) in [5.41, 5.74) is 11.2.